The van der Waals surface area contributed by atoms with Crippen LogP contribution >= 0.6 is 12.4 Å². The van der Waals surface area contributed by atoms with Crippen LogP contribution in [0.25, 0.3) is 0 Å². The number of nitrogens with one attached hydrogen (secondary N) is 1. The lowest BCUT2D eigenvalue weighted by molar-refractivity contribution is 0.344. The first-order valence-electron chi connectivity index (χ1n) is 5.56. The third-order valence-corrected chi connectivity index (χ3v) is 5.35. The van der Waals surface area contributed by atoms with Gasteiger partial charge in [-0.3, -0.25) is 0 Å². The van der Waals surface area contributed by atoms with E-state index in [0.717, 1.165) is 32.4 Å². The molecule has 0 aromatic heterocycles. The average molecular weight is 270 g/mol. The minimum absolute atomic E-state index is 0. The number of nitrogens with zero attached hydrogens (tertiary/aromatic N) is 2. The van der Waals surface area contributed by atoms with E-state index in [0.29, 0.717) is 13.1 Å². The molecule has 2 rings (SSSR count). The Balaban J connectivity index is 0.00000128. The molecular formula is C9H20ClN3O2S. The fraction of sp³-hybridized carbons (Fsp3) is 1.00. The number of likely N-dealkylation sites (N-methyl/N-ethyl adjacent to an activating group) is 1. The van der Waals surface area contributed by atoms with Gasteiger partial charge in [-0.1, -0.05) is 0 Å². The van der Waals surface area contributed by atoms with Crippen LogP contribution in [-0.2, 0) is 10.2 Å². The van der Waals surface area contributed by atoms with E-state index in [1.54, 1.807) is 15.7 Å². The molecule has 2 heterocycles. The Morgan fingerprint density at radius 3 is 2.44 bits per heavy atom. The maximum Gasteiger partial charge on any atom is 0.282 e. The van der Waals surface area contributed by atoms with Crippen molar-refractivity contribution in [3.8, 4) is 0 Å². The Morgan fingerprint density at radius 1 is 1.31 bits per heavy atom. The van der Waals surface area contributed by atoms with Crippen LogP contribution in [-0.4, -0.2) is 56.3 Å². The highest BCUT2D eigenvalue weighted by atomic mass is 35.5. The molecule has 1 atom stereocenters. The lowest BCUT2D eigenvalue weighted by Crippen LogP contribution is -2.46. The van der Waals surface area contributed by atoms with E-state index in [1.165, 1.54) is 0 Å². The number of rotatable bonds is 3. The van der Waals surface area contributed by atoms with E-state index in [1.807, 2.05) is 0 Å². The van der Waals surface area contributed by atoms with Gasteiger partial charge in [-0.2, -0.15) is 17.0 Å². The molecular weight excluding hydrogens is 250 g/mol. The van der Waals surface area contributed by atoms with Crippen LogP contribution in [0.3, 0.4) is 0 Å². The standard InChI is InChI=1S/C9H19N3O2S.ClH/c1-11(9-4-5-10-8-9)15(13,14)12-6-2-3-7-12;/h9-10H,2-8H2,1H3;1H. The van der Waals surface area contributed by atoms with Gasteiger partial charge < -0.3 is 5.32 Å². The van der Waals surface area contributed by atoms with Gasteiger partial charge in [0.15, 0.2) is 0 Å². The molecule has 96 valence electrons. The molecule has 0 spiro atoms. The molecule has 0 saturated carbocycles. The van der Waals surface area contributed by atoms with Gasteiger partial charge in [-0.05, 0) is 25.8 Å². The molecule has 2 aliphatic rings. The van der Waals surface area contributed by atoms with E-state index in [2.05, 4.69) is 5.32 Å². The monoisotopic (exact) mass is 269 g/mol. The van der Waals surface area contributed by atoms with Crippen molar-refractivity contribution in [1.82, 2.24) is 13.9 Å². The third kappa shape index (κ3) is 2.68. The molecule has 0 bridgehead atoms. The van der Waals surface area contributed by atoms with E-state index < -0.39 is 10.2 Å². The normalized spacial score (nSPS) is 27.2. The Kier molecular flexibility index (Phi) is 5.00. The minimum atomic E-state index is -3.20. The molecule has 0 aromatic carbocycles. The second-order valence-electron chi connectivity index (χ2n) is 4.28. The summed E-state index contributed by atoms with van der Waals surface area (Å²) in [4.78, 5) is 0. The predicted molar refractivity (Wildman–Crippen MR) is 66.0 cm³/mol. The highest BCUT2D eigenvalue weighted by Gasteiger charge is 2.34. The number of hydrogen-bond acceptors (Lipinski definition) is 3. The van der Waals surface area contributed by atoms with Gasteiger partial charge in [0.05, 0.1) is 0 Å². The summed E-state index contributed by atoms with van der Waals surface area (Å²) in [6, 6.07) is 0.135. The van der Waals surface area contributed by atoms with Gasteiger partial charge in [0.1, 0.15) is 0 Å². The summed E-state index contributed by atoms with van der Waals surface area (Å²) in [7, 11) is -1.50. The molecule has 1 unspecified atom stereocenters. The molecule has 1 N–H and O–H groups in total. The third-order valence-electron chi connectivity index (χ3n) is 3.30. The zero-order chi connectivity index (χ0) is 10.9. The van der Waals surface area contributed by atoms with Crippen LogP contribution in [0.15, 0.2) is 0 Å². The molecule has 2 aliphatic heterocycles. The van der Waals surface area contributed by atoms with Crippen molar-refractivity contribution in [2.24, 2.45) is 0 Å². The fourth-order valence-corrected chi connectivity index (χ4v) is 3.88. The molecule has 5 nitrogen and oxygen atoms in total. The summed E-state index contributed by atoms with van der Waals surface area (Å²) in [6.45, 7) is 3.08. The first kappa shape index (κ1) is 14.2. The number of halogens is 1. The quantitative estimate of drug-likeness (QED) is 0.787. The topological polar surface area (TPSA) is 52.7 Å². The van der Waals surface area contributed by atoms with Gasteiger partial charge in [-0.15, -0.1) is 12.4 Å². The summed E-state index contributed by atoms with van der Waals surface area (Å²) in [6.07, 6.45) is 2.91. The van der Waals surface area contributed by atoms with Crippen molar-refractivity contribution in [3.05, 3.63) is 0 Å². The van der Waals surface area contributed by atoms with Gasteiger partial charge in [0.25, 0.3) is 10.2 Å². The minimum Gasteiger partial charge on any atom is -0.315 e. The van der Waals surface area contributed by atoms with E-state index in [4.69, 9.17) is 0 Å². The molecule has 0 amide bonds. The van der Waals surface area contributed by atoms with Crippen LogP contribution in [0.5, 0.6) is 0 Å². The van der Waals surface area contributed by atoms with Gasteiger partial charge >= 0.3 is 0 Å². The van der Waals surface area contributed by atoms with Crippen molar-refractivity contribution in [1.29, 1.82) is 0 Å². The molecule has 16 heavy (non-hydrogen) atoms. The van der Waals surface area contributed by atoms with Gasteiger partial charge in [0.2, 0.25) is 0 Å². The van der Waals surface area contributed by atoms with Crippen LogP contribution in [0.2, 0.25) is 0 Å². The van der Waals surface area contributed by atoms with Crippen LogP contribution < -0.4 is 5.32 Å². The second kappa shape index (κ2) is 5.64. The molecule has 2 fully saturated rings. The van der Waals surface area contributed by atoms with Crippen molar-refractivity contribution in [2.45, 2.75) is 25.3 Å². The lowest BCUT2D eigenvalue weighted by atomic mass is 10.3. The van der Waals surface area contributed by atoms with Crippen LogP contribution in [0.1, 0.15) is 19.3 Å². The van der Waals surface area contributed by atoms with Crippen LogP contribution in [0, 0.1) is 0 Å². The van der Waals surface area contributed by atoms with E-state index in [9.17, 15) is 8.42 Å². The van der Waals surface area contributed by atoms with E-state index >= 15 is 0 Å². The van der Waals surface area contributed by atoms with E-state index in [-0.39, 0.29) is 18.4 Å². The Hall–Kier alpha value is 0.120. The molecule has 7 heteroatoms. The predicted octanol–water partition coefficient (Wildman–Crippen LogP) is 0.0425. The van der Waals surface area contributed by atoms with Crippen LogP contribution in [0.4, 0.5) is 0 Å². The first-order chi connectivity index (χ1) is 7.12. The lowest BCUT2D eigenvalue weighted by Gasteiger charge is -2.27. The molecule has 0 aromatic rings. The SMILES string of the molecule is CN(C1CCNC1)S(=O)(=O)N1CCCC1.Cl. The average Bonchev–Trinajstić information content (AvgIpc) is 2.89. The Morgan fingerprint density at radius 2 is 1.94 bits per heavy atom. The fourth-order valence-electron chi connectivity index (χ4n) is 2.24. The maximum atomic E-state index is 12.1. The summed E-state index contributed by atoms with van der Waals surface area (Å²) < 4.78 is 27.4. The zero-order valence-corrected chi connectivity index (χ0v) is 11.2. The number of hydrogen-bond donors (Lipinski definition) is 1. The smallest absolute Gasteiger partial charge is 0.282 e. The molecule has 0 radical (unpaired) electrons. The van der Waals surface area contributed by atoms with Gasteiger partial charge in [-0.25, -0.2) is 0 Å². The highest BCUT2D eigenvalue weighted by molar-refractivity contribution is 7.86. The first-order valence-corrected chi connectivity index (χ1v) is 6.96. The Bertz CT molecular complexity index is 311. The maximum absolute atomic E-state index is 12.1. The van der Waals surface area contributed by atoms with Gasteiger partial charge in [0, 0.05) is 32.7 Å². The second-order valence-corrected chi connectivity index (χ2v) is 6.26. The molecule has 0 aliphatic carbocycles. The largest absolute Gasteiger partial charge is 0.315 e. The summed E-state index contributed by atoms with van der Waals surface area (Å²) in [5, 5.41) is 3.19. The van der Waals surface area contributed by atoms with Crippen molar-refractivity contribution in [2.75, 3.05) is 33.2 Å². The Labute approximate surface area is 104 Å². The summed E-state index contributed by atoms with van der Waals surface area (Å²) in [5.74, 6) is 0. The summed E-state index contributed by atoms with van der Waals surface area (Å²) in [5.41, 5.74) is 0. The highest BCUT2D eigenvalue weighted by Crippen LogP contribution is 2.19. The molecule has 2 saturated heterocycles. The van der Waals surface area contributed by atoms with Crippen molar-refractivity contribution in [3.63, 3.8) is 0 Å². The summed E-state index contributed by atoms with van der Waals surface area (Å²) >= 11 is 0. The van der Waals surface area contributed by atoms with Crippen molar-refractivity contribution < 1.29 is 8.42 Å². The zero-order valence-electron chi connectivity index (χ0n) is 9.55. The van der Waals surface area contributed by atoms with Crippen molar-refractivity contribution >= 4 is 22.6 Å².